The highest BCUT2D eigenvalue weighted by Gasteiger charge is 2.28. The summed E-state index contributed by atoms with van der Waals surface area (Å²) in [6.07, 6.45) is 1.11. The number of rotatable bonds is 1. The summed E-state index contributed by atoms with van der Waals surface area (Å²) >= 11 is 5.99. The lowest BCUT2D eigenvalue weighted by Gasteiger charge is -2.33. The molecule has 0 fully saturated rings. The normalized spacial score (nSPS) is 17.1. The maximum Gasteiger partial charge on any atom is 0.258 e. The lowest BCUT2D eigenvalue weighted by molar-refractivity contribution is 0.0960. The molecule has 0 N–H and O–H groups in total. The number of pyridine rings is 1. The molecule has 1 aliphatic heterocycles. The number of nitrogens with zero attached hydrogens (tertiary/aromatic N) is 2. The fraction of sp³-hybridized carbons (Fsp3) is 0.200. The monoisotopic (exact) mass is 306 g/mol. The molecule has 0 saturated carbocycles. The smallest absolute Gasteiger partial charge is 0.258 e. The van der Waals surface area contributed by atoms with Gasteiger partial charge in [-0.15, -0.1) is 0 Å². The minimum Gasteiger partial charge on any atom is -0.487 e. The average molecular weight is 307 g/mol. The minimum atomic E-state index is -0.687. The molecule has 108 valence electrons. The number of amides is 1. The molecule has 4 nitrogen and oxygen atoms in total. The van der Waals surface area contributed by atoms with Crippen LogP contribution in [0.25, 0.3) is 0 Å². The highest BCUT2D eigenvalue weighted by molar-refractivity contribution is 6.31. The van der Waals surface area contributed by atoms with Crippen LogP contribution in [-0.4, -0.2) is 23.5 Å². The van der Waals surface area contributed by atoms with E-state index < -0.39 is 5.95 Å². The predicted molar refractivity (Wildman–Crippen MR) is 77.4 cm³/mol. The fourth-order valence-corrected chi connectivity index (χ4v) is 2.46. The first kappa shape index (κ1) is 13.8. The Bertz CT molecular complexity index is 708. The van der Waals surface area contributed by atoms with Crippen molar-refractivity contribution in [3.63, 3.8) is 0 Å². The zero-order chi connectivity index (χ0) is 15.0. The number of carbonyl (C=O) groups excluding carboxylic acids is 1. The van der Waals surface area contributed by atoms with E-state index in [1.807, 2.05) is 6.92 Å². The zero-order valence-electron chi connectivity index (χ0n) is 11.2. The van der Waals surface area contributed by atoms with Crippen molar-refractivity contribution >= 4 is 23.2 Å². The summed E-state index contributed by atoms with van der Waals surface area (Å²) in [4.78, 5) is 17.6. The van der Waals surface area contributed by atoms with Crippen LogP contribution in [0, 0.1) is 5.95 Å². The molecule has 1 amide bonds. The van der Waals surface area contributed by atoms with Gasteiger partial charge in [0.15, 0.2) is 0 Å². The molecule has 0 unspecified atom stereocenters. The van der Waals surface area contributed by atoms with E-state index in [1.54, 1.807) is 23.1 Å². The number of ether oxygens (including phenoxy) is 1. The van der Waals surface area contributed by atoms with Gasteiger partial charge in [0.25, 0.3) is 5.91 Å². The second kappa shape index (κ2) is 5.33. The van der Waals surface area contributed by atoms with Crippen LogP contribution in [0.5, 0.6) is 5.75 Å². The molecule has 3 rings (SSSR count). The summed E-state index contributed by atoms with van der Waals surface area (Å²) in [5.74, 6) is -0.413. The Morgan fingerprint density at radius 1 is 1.43 bits per heavy atom. The first-order valence-electron chi connectivity index (χ1n) is 6.44. The summed E-state index contributed by atoms with van der Waals surface area (Å²) in [7, 11) is 0. The lowest BCUT2D eigenvalue weighted by atomic mass is 10.1. The molecule has 1 aromatic carbocycles. The molecule has 6 heteroatoms. The summed E-state index contributed by atoms with van der Waals surface area (Å²) < 4.78 is 18.9. The number of carbonyl (C=O) groups is 1. The van der Waals surface area contributed by atoms with Crippen molar-refractivity contribution in [1.29, 1.82) is 0 Å². The van der Waals surface area contributed by atoms with E-state index in [0.29, 0.717) is 23.0 Å². The van der Waals surface area contributed by atoms with Crippen LogP contribution in [0.15, 0.2) is 36.5 Å². The van der Waals surface area contributed by atoms with E-state index in [9.17, 15) is 9.18 Å². The van der Waals surface area contributed by atoms with Crippen molar-refractivity contribution in [2.24, 2.45) is 0 Å². The summed E-state index contributed by atoms with van der Waals surface area (Å²) in [5, 5.41) is 0.505. The summed E-state index contributed by atoms with van der Waals surface area (Å²) in [5.41, 5.74) is 0.824. The largest absolute Gasteiger partial charge is 0.487 e. The van der Waals surface area contributed by atoms with Gasteiger partial charge >= 0.3 is 0 Å². The van der Waals surface area contributed by atoms with E-state index in [1.165, 1.54) is 12.3 Å². The average Bonchev–Trinajstić information content (AvgIpc) is 2.46. The molecule has 1 atom stereocenters. The Morgan fingerprint density at radius 3 is 3.00 bits per heavy atom. The Morgan fingerprint density at radius 2 is 2.24 bits per heavy atom. The third-order valence-corrected chi connectivity index (χ3v) is 3.43. The molecule has 1 aliphatic rings. The molecule has 0 radical (unpaired) electrons. The van der Waals surface area contributed by atoms with Gasteiger partial charge in [-0.2, -0.15) is 4.39 Å². The third-order valence-electron chi connectivity index (χ3n) is 3.20. The van der Waals surface area contributed by atoms with E-state index in [2.05, 4.69) is 4.98 Å². The van der Waals surface area contributed by atoms with Crippen LogP contribution in [0.3, 0.4) is 0 Å². The number of hydrogen-bond acceptors (Lipinski definition) is 3. The summed E-state index contributed by atoms with van der Waals surface area (Å²) in [6, 6.07) is 7.69. The first-order chi connectivity index (χ1) is 10.0. The Hall–Kier alpha value is -2.14. The SMILES string of the molecule is C[C@H]1CN(C(=O)c2ccnc(F)c2)c2cc(Cl)ccc2O1. The number of aromatic nitrogens is 1. The predicted octanol–water partition coefficient (Wildman–Crippen LogP) is 3.30. The maximum atomic E-state index is 13.2. The number of halogens is 2. The van der Waals surface area contributed by atoms with Crippen LogP contribution in [0.4, 0.5) is 10.1 Å². The van der Waals surface area contributed by atoms with Gasteiger partial charge in [-0.05, 0) is 31.2 Å². The van der Waals surface area contributed by atoms with Gasteiger partial charge in [-0.25, -0.2) is 4.98 Å². The van der Waals surface area contributed by atoms with E-state index in [-0.39, 0.29) is 17.6 Å². The van der Waals surface area contributed by atoms with Crippen molar-refractivity contribution in [3.05, 3.63) is 53.1 Å². The molecular weight excluding hydrogens is 295 g/mol. The molecule has 0 bridgehead atoms. The summed E-state index contributed by atoms with van der Waals surface area (Å²) in [6.45, 7) is 2.24. The standard InChI is InChI=1S/C15H12ClFN2O2/c1-9-8-19(12-7-11(16)2-3-13(12)21-9)15(20)10-4-5-18-14(17)6-10/h2-7,9H,8H2,1H3/t9-/m0/s1. The Balaban J connectivity index is 2.02. The van der Waals surface area contributed by atoms with Crippen LogP contribution in [-0.2, 0) is 0 Å². The van der Waals surface area contributed by atoms with Crippen molar-refractivity contribution in [2.45, 2.75) is 13.0 Å². The number of benzene rings is 1. The zero-order valence-corrected chi connectivity index (χ0v) is 12.0. The minimum absolute atomic E-state index is 0.158. The molecule has 2 heterocycles. The second-order valence-electron chi connectivity index (χ2n) is 4.82. The van der Waals surface area contributed by atoms with Gasteiger partial charge in [0.05, 0.1) is 12.2 Å². The topological polar surface area (TPSA) is 42.4 Å². The van der Waals surface area contributed by atoms with Crippen LogP contribution in [0.1, 0.15) is 17.3 Å². The first-order valence-corrected chi connectivity index (χ1v) is 6.82. The third kappa shape index (κ3) is 2.69. The van der Waals surface area contributed by atoms with E-state index in [0.717, 1.165) is 6.07 Å². The Labute approximate surface area is 126 Å². The van der Waals surface area contributed by atoms with Gasteiger partial charge in [0.1, 0.15) is 11.9 Å². The molecule has 0 aliphatic carbocycles. The molecular formula is C15H12ClFN2O2. The molecule has 0 spiro atoms. The van der Waals surface area contributed by atoms with Gasteiger partial charge in [-0.1, -0.05) is 11.6 Å². The fourth-order valence-electron chi connectivity index (χ4n) is 2.29. The second-order valence-corrected chi connectivity index (χ2v) is 5.26. The van der Waals surface area contributed by atoms with Gasteiger partial charge in [0.2, 0.25) is 5.95 Å². The van der Waals surface area contributed by atoms with Crippen molar-refractivity contribution in [3.8, 4) is 5.75 Å². The van der Waals surface area contributed by atoms with Crippen LogP contribution in [0.2, 0.25) is 5.02 Å². The quantitative estimate of drug-likeness (QED) is 0.759. The van der Waals surface area contributed by atoms with E-state index >= 15 is 0 Å². The van der Waals surface area contributed by atoms with Gasteiger partial charge in [0, 0.05) is 22.8 Å². The van der Waals surface area contributed by atoms with Crippen LogP contribution >= 0.6 is 11.6 Å². The van der Waals surface area contributed by atoms with Gasteiger partial charge in [-0.3, -0.25) is 4.79 Å². The molecule has 0 saturated heterocycles. The lowest BCUT2D eigenvalue weighted by Crippen LogP contribution is -2.42. The highest BCUT2D eigenvalue weighted by atomic mass is 35.5. The molecule has 21 heavy (non-hydrogen) atoms. The van der Waals surface area contributed by atoms with E-state index in [4.69, 9.17) is 16.3 Å². The van der Waals surface area contributed by atoms with Crippen molar-refractivity contribution in [2.75, 3.05) is 11.4 Å². The number of fused-ring (bicyclic) bond motifs is 1. The highest BCUT2D eigenvalue weighted by Crippen LogP contribution is 2.36. The van der Waals surface area contributed by atoms with Crippen molar-refractivity contribution in [1.82, 2.24) is 4.98 Å². The maximum absolute atomic E-state index is 13.2. The molecule has 1 aromatic heterocycles. The van der Waals surface area contributed by atoms with Crippen LogP contribution < -0.4 is 9.64 Å². The Kier molecular flexibility index (Phi) is 3.51. The number of anilines is 1. The number of hydrogen-bond donors (Lipinski definition) is 0. The molecule has 2 aromatic rings. The van der Waals surface area contributed by atoms with Gasteiger partial charge < -0.3 is 9.64 Å². The van der Waals surface area contributed by atoms with Crippen molar-refractivity contribution < 1.29 is 13.9 Å².